The van der Waals surface area contributed by atoms with Crippen LogP contribution in [0.15, 0.2) is 0 Å². The van der Waals surface area contributed by atoms with Crippen molar-refractivity contribution in [3.63, 3.8) is 0 Å². The summed E-state index contributed by atoms with van der Waals surface area (Å²) in [6, 6.07) is -0.127. The molecule has 0 heterocycles. The molecule has 0 radical (unpaired) electrons. The van der Waals surface area contributed by atoms with E-state index in [-0.39, 0.29) is 24.7 Å². The highest BCUT2D eigenvalue weighted by Gasteiger charge is 2.39. The summed E-state index contributed by atoms with van der Waals surface area (Å²) in [6.45, 7) is 13.1. The number of esters is 1. The molecule has 2 unspecified atom stereocenters. The average molecular weight is 621 g/mol. The lowest BCUT2D eigenvalue weighted by atomic mass is 9.97. The van der Waals surface area contributed by atoms with Crippen molar-refractivity contribution < 1.29 is 32.9 Å². The SMILES string of the molecule is CCCCCCCCCCCCCCCCC(CC(COP(=O)(O)O)[N+](CCCC)(CCCC)CCCC)OC(C)=O. The highest BCUT2D eigenvalue weighted by Crippen LogP contribution is 2.38. The molecule has 252 valence electrons. The molecule has 0 aliphatic rings. The number of nitrogens with zero attached hydrogens (tertiary/aromatic N) is 1. The van der Waals surface area contributed by atoms with E-state index >= 15 is 0 Å². The zero-order valence-corrected chi connectivity index (χ0v) is 29.4. The van der Waals surface area contributed by atoms with Gasteiger partial charge in [-0.2, -0.15) is 0 Å². The topological polar surface area (TPSA) is 93.1 Å². The third kappa shape index (κ3) is 23.0. The van der Waals surface area contributed by atoms with Gasteiger partial charge in [0.2, 0.25) is 0 Å². The number of rotatable bonds is 31. The Morgan fingerprint density at radius 2 is 1.02 bits per heavy atom. The fourth-order valence-electron chi connectivity index (χ4n) is 6.26. The van der Waals surface area contributed by atoms with Gasteiger partial charge in [-0.3, -0.25) is 9.32 Å². The molecule has 0 saturated heterocycles. The fourth-order valence-corrected chi connectivity index (χ4v) is 6.63. The van der Waals surface area contributed by atoms with Gasteiger partial charge in [-0.05, 0) is 32.1 Å². The number of hydrogen-bond donors (Lipinski definition) is 2. The summed E-state index contributed by atoms with van der Waals surface area (Å²) in [5.41, 5.74) is 0. The van der Waals surface area contributed by atoms with Crippen LogP contribution < -0.4 is 0 Å². The lowest BCUT2D eigenvalue weighted by molar-refractivity contribution is -0.952. The van der Waals surface area contributed by atoms with Crippen LogP contribution in [0.1, 0.15) is 176 Å². The fraction of sp³-hybridized carbons (Fsp3) is 0.971. The van der Waals surface area contributed by atoms with Crippen LogP contribution in [0.25, 0.3) is 0 Å². The first-order chi connectivity index (χ1) is 20.1. The maximum absolute atomic E-state index is 12.1. The minimum absolute atomic E-state index is 0.0159. The van der Waals surface area contributed by atoms with E-state index in [0.717, 1.165) is 81.9 Å². The largest absolute Gasteiger partial charge is 0.469 e. The summed E-state index contributed by atoms with van der Waals surface area (Å²) in [4.78, 5) is 31.2. The Morgan fingerprint density at radius 3 is 1.38 bits per heavy atom. The number of phosphoric ester groups is 1. The van der Waals surface area contributed by atoms with E-state index in [0.29, 0.717) is 6.42 Å². The molecule has 0 bridgehead atoms. The lowest BCUT2D eigenvalue weighted by Gasteiger charge is -2.46. The third-order valence-electron chi connectivity index (χ3n) is 8.83. The summed E-state index contributed by atoms with van der Waals surface area (Å²) < 4.78 is 23.6. The van der Waals surface area contributed by atoms with Crippen molar-refractivity contribution in [2.24, 2.45) is 0 Å². The van der Waals surface area contributed by atoms with E-state index in [4.69, 9.17) is 9.26 Å². The van der Waals surface area contributed by atoms with E-state index in [1.165, 1.54) is 84.0 Å². The number of hydrogen-bond acceptors (Lipinski definition) is 4. The van der Waals surface area contributed by atoms with E-state index in [2.05, 4.69) is 27.7 Å². The normalized spacial score (nSPS) is 13.8. The Kier molecular flexibility index (Phi) is 26.6. The maximum atomic E-state index is 12.1. The van der Waals surface area contributed by atoms with Crippen molar-refractivity contribution in [1.82, 2.24) is 0 Å². The average Bonchev–Trinajstić information content (AvgIpc) is 2.94. The molecular formula is C34H71NO6P+. The molecule has 0 saturated carbocycles. The monoisotopic (exact) mass is 621 g/mol. The van der Waals surface area contributed by atoms with Crippen LogP contribution >= 0.6 is 7.82 Å². The molecule has 0 aromatic carbocycles. The van der Waals surface area contributed by atoms with Crippen molar-refractivity contribution >= 4 is 13.8 Å². The summed E-state index contributed by atoms with van der Waals surface area (Å²) >= 11 is 0. The molecule has 2 atom stereocenters. The summed E-state index contributed by atoms with van der Waals surface area (Å²) in [5, 5.41) is 0. The van der Waals surface area contributed by atoms with Crippen molar-refractivity contribution in [3.8, 4) is 0 Å². The Balaban J connectivity index is 5.06. The molecule has 0 rings (SSSR count). The quantitative estimate of drug-likeness (QED) is 0.0347. The van der Waals surface area contributed by atoms with E-state index in [1.807, 2.05) is 0 Å². The van der Waals surface area contributed by atoms with Crippen LogP contribution in [0.2, 0.25) is 0 Å². The van der Waals surface area contributed by atoms with Gasteiger partial charge in [0.05, 0.1) is 19.6 Å². The molecule has 2 N–H and O–H groups in total. The van der Waals surface area contributed by atoms with Gasteiger partial charge in [-0.25, -0.2) is 4.57 Å². The second-order valence-electron chi connectivity index (χ2n) is 12.7. The van der Waals surface area contributed by atoms with Gasteiger partial charge in [0, 0.05) is 13.3 Å². The van der Waals surface area contributed by atoms with Gasteiger partial charge in [0.1, 0.15) is 18.8 Å². The van der Waals surface area contributed by atoms with Gasteiger partial charge in [0.25, 0.3) is 0 Å². The molecule has 0 aliphatic heterocycles. The van der Waals surface area contributed by atoms with Gasteiger partial charge < -0.3 is 19.0 Å². The Morgan fingerprint density at radius 1 is 0.643 bits per heavy atom. The van der Waals surface area contributed by atoms with Crippen LogP contribution in [-0.2, 0) is 18.6 Å². The zero-order chi connectivity index (χ0) is 31.5. The molecule has 0 aliphatic carbocycles. The molecule has 8 heteroatoms. The summed E-state index contributed by atoms with van der Waals surface area (Å²) in [7, 11) is -4.61. The second kappa shape index (κ2) is 26.9. The highest BCUT2D eigenvalue weighted by molar-refractivity contribution is 7.46. The first-order valence-corrected chi connectivity index (χ1v) is 19.4. The Bertz CT molecular complexity index is 649. The molecule has 42 heavy (non-hydrogen) atoms. The smallest absolute Gasteiger partial charge is 0.462 e. The first-order valence-electron chi connectivity index (χ1n) is 17.9. The lowest BCUT2D eigenvalue weighted by Crippen LogP contribution is -2.59. The molecule has 0 spiro atoms. The molecule has 0 amide bonds. The van der Waals surface area contributed by atoms with Crippen molar-refractivity contribution in [2.75, 3.05) is 26.2 Å². The molecule has 7 nitrogen and oxygen atoms in total. The van der Waals surface area contributed by atoms with Gasteiger partial charge in [-0.15, -0.1) is 0 Å². The van der Waals surface area contributed by atoms with E-state index in [9.17, 15) is 19.1 Å². The molecule has 0 fully saturated rings. The zero-order valence-electron chi connectivity index (χ0n) is 28.5. The van der Waals surface area contributed by atoms with Crippen molar-refractivity contribution in [2.45, 2.75) is 188 Å². The predicted octanol–water partition coefficient (Wildman–Crippen LogP) is 9.87. The second-order valence-corrected chi connectivity index (χ2v) is 14.0. The molecule has 0 aromatic rings. The standard InChI is InChI=1S/C34H70NO6P/c1-6-10-14-15-16-17-18-19-20-21-22-23-24-25-26-34(41-32(5)36)30-33(31-40-42(37,38)39)35(27-11-7-2,28-12-8-3)29-13-9-4/h33-34H,6-31H2,1-5H3,(H-,37,38,39)/p+1. The Hall–Kier alpha value is -0.460. The van der Waals surface area contributed by atoms with Crippen LogP contribution in [0.3, 0.4) is 0 Å². The van der Waals surface area contributed by atoms with Gasteiger partial charge in [-0.1, -0.05) is 130 Å². The predicted molar refractivity (Wildman–Crippen MR) is 176 cm³/mol. The summed E-state index contributed by atoms with van der Waals surface area (Å²) in [5.74, 6) is -0.284. The maximum Gasteiger partial charge on any atom is 0.469 e. The highest BCUT2D eigenvalue weighted by atomic mass is 31.2. The van der Waals surface area contributed by atoms with Gasteiger partial charge >= 0.3 is 13.8 Å². The van der Waals surface area contributed by atoms with Crippen LogP contribution in [0, 0.1) is 0 Å². The van der Waals surface area contributed by atoms with Crippen molar-refractivity contribution in [3.05, 3.63) is 0 Å². The van der Waals surface area contributed by atoms with Crippen LogP contribution in [0.5, 0.6) is 0 Å². The molecule has 0 aromatic heterocycles. The number of ether oxygens (including phenoxy) is 1. The summed E-state index contributed by atoms with van der Waals surface area (Å²) in [6.07, 6.45) is 25.7. The Labute approximate surface area is 260 Å². The van der Waals surface area contributed by atoms with Gasteiger partial charge in [0.15, 0.2) is 0 Å². The van der Waals surface area contributed by atoms with Crippen LogP contribution in [-0.4, -0.2) is 58.6 Å². The number of quaternary nitrogens is 1. The number of unbranched alkanes of at least 4 members (excludes halogenated alkanes) is 16. The third-order valence-corrected chi connectivity index (χ3v) is 9.31. The first kappa shape index (κ1) is 41.5. The number of carbonyl (C=O) groups excluding carboxylic acids is 1. The number of carbonyl (C=O) groups is 1. The molecular weight excluding hydrogens is 549 g/mol. The van der Waals surface area contributed by atoms with E-state index in [1.54, 1.807) is 0 Å². The van der Waals surface area contributed by atoms with Crippen LogP contribution in [0.4, 0.5) is 0 Å². The minimum atomic E-state index is -4.61. The van der Waals surface area contributed by atoms with E-state index < -0.39 is 7.82 Å². The minimum Gasteiger partial charge on any atom is -0.462 e. The van der Waals surface area contributed by atoms with Crippen molar-refractivity contribution in [1.29, 1.82) is 0 Å². The number of phosphoric acid groups is 1.